The molecule has 0 N–H and O–H groups in total. The van der Waals surface area contributed by atoms with Crippen LogP contribution < -0.4 is 0 Å². The highest BCUT2D eigenvalue weighted by Gasteiger charge is 2.21. The SMILES string of the molecule is C[C@@H](Sc1nnc(-c2ccc(F)cc2)c2ccccc12)C(=O)N(C)Cc1ccccc1. The molecule has 4 rings (SSSR count). The van der Waals surface area contributed by atoms with Crippen molar-refractivity contribution in [3.05, 3.63) is 90.2 Å². The quantitative estimate of drug-likeness (QED) is 0.374. The first-order valence-electron chi connectivity index (χ1n) is 10.00. The fourth-order valence-electron chi connectivity index (χ4n) is 3.45. The van der Waals surface area contributed by atoms with Crippen LogP contribution in [-0.2, 0) is 11.3 Å². The van der Waals surface area contributed by atoms with Gasteiger partial charge in [-0.3, -0.25) is 4.79 Å². The van der Waals surface area contributed by atoms with Crippen LogP contribution in [0.1, 0.15) is 12.5 Å². The Labute approximate surface area is 185 Å². The van der Waals surface area contributed by atoms with Crippen LogP contribution >= 0.6 is 11.8 Å². The number of amides is 1. The molecule has 1 atom stereocenters. The fraction of sp³-hybridized carbons (Fsp3) is 0.160. The maximum absolute atomic E-state index is 13.3. The summed E-state index contributed by atoms with van der Waals surface area (Å²) in [4.78, 5) is 14.7. The van der Waals surface area contributed by atoms with E-state index in [2.05, 4.69) is 10.2 Å². The highest BCUT2D eigenvalue weighted by molar-refractivity contribution is 8.00. The molecule has 0 unspecified atom stereocenters. The summed E-state index contributed by atoms with van der Waals surface area (Å²) < 4.78 is 13.3. The van der Waals surface area contributed by atoms with Crippen molar-refractivity contribution in [2.24, 2.45) is 0 Å². The molecule has 6 heteroatoms. The number of thioether (sulfide) groups is 1. The van der Waals surface area contributed by atoms with E-state index in [9.17, 15) is 9.18 Å². The molecule has 1 heterocycles. The summed E-state index contributed by atoms with van der Waals surface area (Å²) in [6.45, 7) is 2.44. The number of halogens is 1. The van der Waals surface area contributed by atoms with Crippen LogP contribution in [0.4, 0.5) is 4.39 Å². The maximum Gasteiger partial charge on any atom is 0.235 e. The summed E-state index contributed by atoms with van der Waals surface area (Å²) in [5.41, 5.74) is 2.58. The predicted molar refractivity (Wildman–Crippen MR) is 123 cm³/mol. The van der Waals surface area contributed by atoms with Crippen molar-refractivity contribution in [2.75, 3.05) is 7.05 Å². The molecule has 0 spiro atoms. The zero-order chi connectivity index (χ0) is 21.8. The zero-order valence-electron chi connectivity index (χ0n) is 17.3. The third kappa shape index (κ3) is 4.75. The Morgan fingerprint density at radius 3 is 2.29 bits per heavy atom. The molecule has 4 nitrogen and oxygen atoms in total. The first kappa shape index (κ1) is 21.0. The summed E-state index contributed by atoms with van der Waals surface area (Å²) >= 11 is 1.40. The molecular weight excluding hydrogens is 409 g/mol. The van der Waals surface area contributed by atoms with Gasteiger partial charge in [-0.05, 0) is 36.8 Å². The number of aromatic nitrogens is 2. The van der Waals surface area contributed by atoms with Crippen LogP contribution in [0.2, 0.25) is 0 Å². The largest absolute Gasteiger partial charge is 0.340 e. The zero-order valence-corrected chi connectivity index (χ0v) is 18.1. The topological polar surface area (TPSA) is 46.1 Å². The number of hydrogen-bond acceptors (Lipinski definition) is 4. The molecule has 31 heavy (non-hydrogen) atoms. The average Bonchev–Trinajstić information content (AvgIpc) is 2.80. The molecule has 3 aromatic carbocycles. The molecule has 0 bridgehead atoms. The predicted octanol–water partition coefficient (Wildman–Crippen LogP) is 5.58. The van der Waals surface area contributed by atoms with Crippen LogP contribution in [0.3, 0.4) is 0 Å². The maximum atomic E-state index is 13.3. The van der Waals surface area contributed by atoms with Gasteiger partial charge in [-0.1, -0.05) is 66.4 Å². The van der Waals surface area contributed by atoms with Gasteiger partial charge >= 0.3 is 0 Å². The molecule has 0 fully saturated rings. The summed E-state index contributed by atoms with van der Waals surface area (Å²) in [5, 5.41) is 11.1. The lowest BCUT2D eigenvalue weighted by Gasteiger charge is -2.21. The van der Waals surface area contributed by atoms with Crippen molar-refractivity contribution in [1.82, 2.24) is 15.1 Å². The lowest BCUT2D eigenvalue weighted by molar-refractivity contribution is -0.129. The molecule has 1 amide bonds. The van der Waals surface area contributed by atoms with Crippen LogP contribution in [0.15, 0.2) is 83.9 Å². The number of carbonyl (C=O) groups is 1. The average molecular weight is 432 g/mol. The van der Waals surface area contributed by atoms with Gasteiger partial charge < -0.3 is 4.90 Å². The molecule has 0 saturated carbocycles. The van der Waals surface area contributed by atoms with Gasteiger partial charge in [0.15, 0.2) is 0 Å². The first-order chi connectivity index (χ1) is 15.0. The molecule has 156 valence electrons. The van der Waals surface area contributed by atoms with Gasteiger partial charge in [-0.25, -0.2) is 4.39 Å². The summed E-state index contributed by atoms with van der Waals surface area (Å²) in [5.74, 6) is -0.262. The molecule has 0 radical (unpaired) electrons. The van der Waals surface area contributed by atoms with Crippen LogP contribution in [0.5, 0.6) is 0 Å². The Morgan fingerprint density at radius 1 is 0.935 bits per heavy atom. The monoisotopic (exact) mass is 431 g/mol. The van der Waals surface area contributed by atoms with Crippen LogP contribution in [0.25, 0.3) is 22.0 Å². The van der Waals surface area contributed by atoms with Crippen LogP contribution in [0, 0.1) is 5.82 Å². The van der Waals surface area contributed by atoms with E-state index in [1.165, 1.54) is 23.9 Å². The Balaban J connectivity index is 1.58. The minimum atomic E-state index is -0.317. The summed E-state index contributed by atoms with van der Waals surface area (Å²) in [6.07, 6.45) is 0. The van der Waals surface area contributed by atoms with E-state index in [0.29, 0.717) is 17.3 Å². The van der Waals surface area contributed by atoms with Gasteiger partial charge in [-0.15, -0.1) is 10.2 Å². The second-order valence-corrected chi connectivity index (χ2v) is 8.68. The van der Waals surface area contributed by atoms with E-state index in [1.54, 1.807) is 17.0 Å². The minimum Gasteiger partial charge on any atom is -0.340 e. The first-order valence-corrected chi connectivity index (χ1v) is 10.9. The van der Waals surface area contributed by atoms with Crippen molar-refractivity contribution in [3.63, 3.8) is 0 Å². The van der Waals surface area contributed by atoms with E-state index >= 15 is 0 Å². The number of nitrogens with zero attached hydrogens (tertiary/aromatic N) is 3. The number of carbonyl (C=O) groups excluding carboxylic acids is 1. The number of fused-ring (bicyclic) bond motifs is 1. The lowest BCUT2D eigenvalue weighted by atomic mass is 10.1. The van der Waals surface area contributed by atoms with Crippen molar-refractivity contribution in [1.29, 1.82) is 0 Å². The molecule has 0 aliphatic heterocycles. The molecular formula is C25H22FN3OS. The van der Waals surface area contributed by atoms with E-state index in [4.69, 9.17) is 0 Å². The third-order valence-electron chi connectivity index (χ3n) is 5.05. The lowest BCUT2D eigenvalue weighted by Crippen LogP contribution is -2.32. The molecule has 0 saturated heterocycles. The number of rotatable bonds is 6. The third-order valence-corrected chi connectivity index (χ3v) is 6.13. The Kier molecular flexibility index (Phi) is 6.28. The Bertz CT molecular complexity index is 1200. The normalized spacial score (nSPS) is 12.0. The Morgan fingerprint density at radius 2 is 1.58 bits per heavy atom. The van der Waals surface area contributed by atoms with Crippen LogP contribution in [-0.4, -0.2) is 33.3 Å². The highest BCUT2D eigenvalue weighted by Crippen LogP contribution is 2.33. The van der Waals surface area contributed by atoms with Gasteiger partial charge in [0.2, 0.25) is 5.91 Å². The van der Waals surface area contributed by atoms with E-state index in [0.717, 1.165) is 21.9 Å². The second kappa shape index (κ2) is 9.27. The number of benzene rings is 3. The van der Waals surface area contributed by atoms with Gasteiger partial charge in [0, 0.05) is 29.9 Å². The van der Waals surface area contributed by atoms with Crippen molar-refractivity contribution >= 4 is 28.4 Å². The second-order valence-electron chi connectivity index (χ2n) is 7.35. The number of hydrogen-bond donors (Lipinski definition) is 0. The fourth-order valence-corrected chi connectivity index (χ4v) is 4.46. The standard InChI is InChI=1S/C25H22FN3OS/c1-17(25(30)29(2)16-18-8-4-3-5-9-18)31-24-22-11-7-6-10-21(22)23(27-28-24)19-12-14-20(26)15-13-19/h3-15,17H,16H2,1-2H3/t17-/m1/s1. The van der Waals surface area contributed by atoms with Gasteiger partial charge in [0.05, 0.1) is 5.25 Å². The van der Waals surface area contributed by atoms with Crippen molar-refractivity contribution in [2.45, 2.75) is 23.7 Å². The molecule has 0 aliphatic rings. The van der Waals surface area contributed by atoms with E-state index < -0.39 is 0 Å². The molecule has 4 aromatic rings. The van der Waals surface area contributed by atoms with E-state index in [-0.39, 0.29) is 17.0 Å². The highest BCUT2D eigenvalue weighted by atomic mass is 32.2. The van der Waals surface area contributed by atoms with Crippen molar-refractivity contribution in [3.8, 4) is 11.3 Å². The van der Waals surface area contributed by atoms with Gasteiger partial charge in [0.1, 0.15) is 16.5 Å². The Hall–Kier alpha value is -3.25. The summed E-state index contributed by atoms with van der Waals surface area (Å²) in [6, 6.07) is 24.0. The van der Waals surface area contributed by atoms with E-state index in [1.807, 2.05) is 68.6 Å². The molecule has 0 aliphatic carbocycles. The van der Waals surface area contributed by atoms with Gasteiger partial charge in [-0.2, -0.15) is 0 Å². The van der Waals surface area contributed by atoms with Crippen molar-refractivity contribution < 1.29 is 9.18 Å². The van der Waals surface area contributed by atoms with Gasteiger partial charge in [0.25, 0.3) is 0 Å². The minimum absolute atomic E-state index is 0.0299. The molecule has 1 aromatic heterocycles. The summed E-state index contributed by atoms with van der Waals surface area (Å²) in [7, 11) is 1.81. The smallest absolute Gasteiger partial charge is 0.235 e.